The van der Waals surface area contributed by atoms with Gasteiger partial charge in [0.1, 0.15) is 5.82 Å². The summed E-state index contributed by atoms with van der Waals surface area (Å²) in [6, 6.07) is 15.9. The normalized spacial score (nSPS) is 19.3. The van der Waals surface area contributed by atoms with Gasteiger partial charge in [-0.15, -0.1) is 0 Å². The van der Waals surface area contributed by atoms with Crippen LogP contribution in [-0.2, 0) is 4.79 Å². The van der Waals surface area contributed by atoms with Gasteiger partial charge in [0, 0.05) is 11.5 Å². The number of amides is 1. The lowest BCUT2D eigenvalue weighted by atomic mass is 9.89. The molecule has 164 valence electrons. The molecule has 2 aliphatic rings. The van der Waals surface area contributed by atoms with Crippen molar-refractivity contribution in [3.8, 4) is 0 Å². The van der Waals surface area contributed by atoms with Crippen LogP contribution in [0.4, 0.5) is 4.39 Å². The summed E-state index contributed by atoms with van der Waals surface area (Å²) in [6.45, 7) is 1.85. The van der Waals surface area contributed by atoms with Crippen LogP contribution in [0.1, 0.15) is 60.5 Å². The number of nitrogens with zero attached hydrogens (tertiary/aromatic N) is 1. The molecule has 5 heteroatoms. The third-order valence-electron chi connectivity index (χ3n) is 6.80. The first-order chi connectivity index (χ1) is 15.1. The second-order valence-electron chi connectivity index (χ2n) is 8.92. The molecule has 1 aliphatic carbocycles. The van der Waals surface area contributed by atoms with Gasteiger partial charge in [0.25, 0.3) is 0 Å². The van der Waals surface area contributed by atoms with Gasteiger partial charge in [0.05, 0.1) is 12.6 Å². The average Bonchev–Trinajstić information content (AvgIpc) is 3.33. The topological polar surface area (TPSA) is 49.4 Å². The minimum Gasteiger partial charge on any atom is -0.348 e. The summed E-state index contributed by atoms with van der Waals surface area (Å²) in [5.74, 6) is 0.403. The number of hydrogen-bond donors (Lipinski definition) is 1. The first kappa shape index (κ1) is 21.7. The second-order valence-corrected chi connectivity index (χ2v) is 8.92. The van der Waals surface area contributed by atoms with E-state index in [4.69, 9.17) is 0 Å². The molecule has 1 unspecified atom stereocenters. The Morgan fingerprint density at radius 3 is 2.23 bits per heavy atom. The second kappa shape index (κ2) is 10.2. The summed E-state index contributed by atoms with van der Waals surface area (Å²) in [5, 5.41) is 3.23. The number of hydrogen-bond acceptors (Lipinski definition) is 3. The van der Waals surface area contributed by atoms with Gasteiger partial charge in [-0.25, -0.2) is 4.39 Å². The predicted octanol–water partition coefficient (Wildman–Crippen LogP) is 4.77. The fraction of sp³-hybridized carbons (Fsp3) is 0.462. The van der Waals surface area contributed by atoms with Crippen LogP contribution >= 0.6 is 0 Å². The smallest absolute Gasteiger partial charge is 0.234 e. The van der Waals surface area contributed by atoms with E-state index in [0.29, 0.717) is 12.5 Å². The van der Waals surface area contributed by atoms with Crippen molar-refractivity contribution in [2.45, 2.75) is 44.6 Å². The van der Waals surface area contributed by atoms with E-state index in [1.165, 1.54) is 25.0 Å². The summed E-state index contributed by atoms with van der Waals surface area (Å²) >= 11 is 0. The Hall–Kier alpha value is -2.53. The standard InChI is InChI=1S/C26H31FN2O2/c27-23-12-10-20(11-13-23)25(19-6-4-5-7-19)28-24(30)18-29-16-14-22(15-17-29)26(31)21-8-2-1-3-9-21/h1-3,8-13,19,22,25H,4-7,14-18H2,(H,28,30). The third-order valence-corrected chi connectivity index (χ3v) is 6.80. The van der Waals surface area contributed by atoms with E-state index >= 15 is 0 Å². The van der Waals surface area contributed by atoms with Crippen LogP contribution in [0, 0.1) is 17.7 Å². The molecular weight excluding hydrogens is 391 g/mol. The number of halogens is 1. The van der Waals surface area contributed by atoms with E-state index in [1.54, 1.807) is 12.1 Å². The Kier molecular flexibility index (Phi) is 7.13. The number of rotatable bonds is 7. The molecular formula is C26H31FN2O2. The Morgan fingerprint density at radius 2 is 1.58 bits per heavy atom. The number of ketones is 1. The maximum absolute atomic E-state index is 13.4. The summed E-state index contributed by atoms with van der Waals surface area (Å²) < 4.78 is 13.4. The van der Waals surface area contributed by atoms with Crippen molar-refractivity contribution >= 4 is 11.7 Å². The van der Waals surface area contributed by atoms with Crippen molar-refractivity contribution in [2.75, 3.05) is 19.6 Å². The predicted molar refractivity (Wildman–Crippen MR) is 119 cm³/mol. The molecule has 1 heterocycles. The molecule has 31 heavy (non-hydrogen) atoms. The van der Waals surface area contributed by atoms with Crippen LogP contribution in [0.25, 0.3) is 0 Å². The van der Waals surface area contributed by atoms with Crippen LogP contribution in [-0.4, -0.2) is 36.2 Å². The largest absolute Gasteiger partial charge is 0.348 e. The zero-order chi connectivity index (χ0) is 21.6. The quantitative estimate of drug-likeness (QED) is 0.654. The van der Waals surface area contributed by atoms with Gasteiger partial charge in [-0.1, -0.05) is 55.3 Å². The highest BCUT2D eigenvalue weighted by Gasteiger charge is 2.30. The number of carbonyl (C=O) groups is 2. The molecule has 1 saturated heterocycles. The minimum absolute atomic E-state index is 0.00839. The van der Waals surface area contributed by atoms with Crippen molar-refractivity contribution in [1.82, 2.24) is 10.2 Å². The van der Waals surface area contributed by atoms with Crippen LogP contribution < -0.4 is 5.32 Å². The average molecular weight is 423 g/mol. The van der Waals surface area contributed by atoms with E-state index in [2.05, 4.69) is 10.2 Å². The lowest BCUT2D eigenvalue weighted by molar-refractivity contribution is -0.123. The number of nitrogens with one attached hydrogen (secondary N) is 1. The molecule has 0 aromatic heterocycles. The summed E-state index contributed by atoms with van der Waals surface area (Å²) in [5.41, 5.74) is 1.76. The molecule has 2 fully saturated rings. The molecule has 0 bridgehead atoms. The molecule has 2 aromatic carbocycles. The van der Waals surface area contributed by atoms with E-state index in [0.717, 1.165) is 49.9 Å². The summed E-state index contributed by atoms with van der Waals surface area (Å²) in [6.07, 6.45) is 6.11. The number of Topliss-reactive ketones (excluding diaryl/α,β-unsaturated/α-hetero) is 1. The molecule has 1 aliphatic heterocycles. The summed E-state index contributed by atoms with van der Waals surface area (Å²) in [7, 11) is 0. The Bertz CT molecular complexity index is 870. The molecule has 0 spiro atoms. The molecule has 0 radical (unpaired) electrons. The molecule has 2 aromatic rings. The van der Waals surface area contributed by atoms with E-state index in [-0.39, 0.29) is 29.5 Å². The number of likely N-dealkylation sites (tertiary alicyclic amines) is 1. The SMILES string of the molecule is O=C(CN1CCC(C(=O)c2ccccc2)CC1)NC(c1ccc(F)cc1)C1CCCC1. The lowest BCUT2D eigenvalue weighted by Crippen LogP contribution is -2.44. The third kappa shape index (κ3) is 5.59. The first-order valence-electron chi connectivity index (χ1n) is 11.5. The molecule has 1 atom stereocenters. The van der Waals surface area contributed by atoms with Gasteiger partial charge in [0.15, 0.2) is 5.78 Å². The van der Waals surface area contributed by atoms with Crippen LogP contribution in [0.2, 0.25) is 0 Å². The number of piperidine rings is 1. The van der Waals surface area contributed by atoms with E-state index < -0.39 is 0 Å². The molecule has 1 N–H and O–H groups in total. The fourth-order valence-corrected chi connectivity index (χ4v) is 5.05. The van der Waals surface area contributed by atoms with E-state index in [1.807, 2.05) is 30.3 Å². The van der Waals surface area contributed by atoms with Gasteiger partial charge < -0.3 is 5.32 Å². The molecule has 4 nitrogen and oxygen atoms in total. The molecule has 1 amide bonds. The van der Waals surface area contributed by atoms with Crippen molar-refractivity contribution in [3.05, 3.63) is 71.5 Å². The van der Waals surface area contributed by atoms with Gasteiger partial charge >= 0.3 is 0 Å². The lowest BCUT2D eigenvalue weighted by Gasteiger charge is -2.32. The van der Waals surface area contributed by atoms with Crippen molar-refractivity contribution in [1.29, 1.82) is 0 Å². The molecule has 1 saturated carbocycles. The Labute approximate surface area is 183 Å². The van der Waals surface area contributed by atoms with Crippen LogP contribution in [0.3, 0.4) is 0 Å². The zero-order valence-corrected chi connectivity index (χ0v) is 17.9. The molecule has 4 rings (SSSR count). The van der Waals surface area contributed by atoms with E-state index in [9.17, 15) is 14.0 Å². The van der Waals surface area contributed by atoms with Gasteiger partial charge in [-0.3, -0.25) is 14.5 Å². The summed E-state index contributed by atoms with van der Waals surface area (Å²) in [4.78, 5) is 27.7. The fourth-order valence-electron chi connectivity index (χ4n) is 5.05. The maximum atomic E-state index is 13.4. The Balaban J connectivity index is 1.31. The number of carbonyl (C=O) groups excluding carboxylic acids is 2. The zero-order valence-electron chi connectivity index (χ0n) is 17.9. The van der Waals surface area contributed by atoms with Gasteiger partial charge in [0.2, 0.25) is 5.91 Å². The highest BCUT2D eigenvalue weighted by Crippen LogP contribution is 2.35. The van der Waals surface area contributed by atoms with Crippen molar-refractivity contribution in [2.24, 2.45) is 11.8 Å². The monoisotopic (exact) mass is 422 g/mol. The van der Waals surface area contributed by atoms with Crippen molar-refractivity contribution < 1.29 is 14.0 Å². The van der Waals surface area contributed by atoms with Gasteiger partial charge in [-0.05, 0) is 62.4 Å². The number of benzene rings is 2. The van der Waals surface area contributed by atoms with Crippen molar-refractivity contribution in [3.63, 3.8) is 0 Å². The Morgan fingerprint density at radius 1 is 0.935 bits per heavy atom. The van der Waals surface area contributed by atoms with Crippen LogP contribution in [0.15, 0.2) is 54.6 Å². The first-order valence-corrected chi connectivity index (χ1v) is 11.5. The van der Waals surface area contributed by atoms with Gasteiger partial charge in [-0.2, -0.15) is 0 Å². The van der Waals surface area contributed by atoms with Crippen LogP contribution in [0.5, 0.6) is 0 Å². The maximum Gasteiger partial charge on any atom is 0.234 e. The highest BCUT2D eigenvalue weighted by atomic mass is 19.1. The highest BCUT2D eigenvalue weighted by molar-refractivity contribution is 5.97. The minimum atomic E-state index is -0.256.